The molecule has 0 aliphatic heterocycles. The topological polar surface area (TPSA) is 75.3 Å². The van der Waals surface area contributed by atoms with E-state index in [1.165, 1.54) is 30.3 Å². The molecule has 8 heteroatoms. The highest BCUT2D eigenvalue weighted by Crippen LogP contribution is 2.26. The van der Waals surface area contributed by atoms with Crippen LogP contribution < -0.4 is 10.0 Å². The Balaban J connectivity index is 1.69. The molecule has 5 nitrogen and oxygen atoms in total. The van der Waals surface area contributed by atoms with Gasteiger partial charge in [0.2, 0.25) is 5.91 Å². The van der Waals surface area contributed by atoms with Crippen LogP contribution in [0.4, 0.5) is 11.4 Å². The summed E-state index contributed by atoms with van der Waals surface area (Å²) in [5.41, 5.74) is 2.22. The van der Waals surface area contributed by atoms with E-state index in [4.69, 9.17) is 23.2 Å². The molecule has 2 N–H and O–H groups in total. The Morgan fingerprint density at radius 1 is 0.900 bits per heavy atom. The predicted molar refractivity (Wildman–Crippen MR) is 123 cm³/mol. The van der Waals surface area contributed by atoms with E-state index in [1.807, 2.05) is 6.07 Å². The number of hydrogen-bond acceptors (Lipinski definition) is 3. The zero-order valence-corrected chi connectivity index (χ0v) is 18.2. The second-order valence-electron chi connectivity index (χ2n) is 6.39. The van der Waals surface area contributed by atoms with Crippen LogP contribution in [-0.4, -0.2) is 14.3 Å². The molecule has 0 heterocycles. The molecular weight excluding hydrogens is 443 g/mol. The van der Waals surface area contributed by atoms with Gasteiger partial charge in [0.25, 0.3) is 10.0 Å². The molecule has 0 aliphatic carbocycles. The molecule has 0 spiro atoms. The lowest BCUT2D eigenvalue weighted by atomic mass is 10.2. The lowest BCUT2D eigenvalue weighted by Gasteiger charge is -2.12. The molecule has 3 rings (SSSR count). The number of halogens is 2. The number of rotatable bonds is 6. The molecule has 0 saturated heterocycles. The Morgan fingerprint density at radius 3 is 2.27 bits per heavy atom. The van der Waals surface area contributed by atoms with Crippen molar-refractivity contribution in [2.75, 3.05) is 10.0 Å². The van der Waals surface area contributed by atoms with Crippen LogP contribution in [-0.2, 0) is 14.8 Å². The second-order valence-corrected chi connectivity index (χ2v) is 8.88. The van der Waals surface area contributed by atoms with Crippen molar-refractivity contribution in [3.63, 3.8) is 0 Å². The molecule has 0 unspecified atom stereocenters. The fourth-order valence-corrected chi connectivity index (χ4v) is 4.09. The Labute approximate surface area is 185 Å². The first-order valence-corrected chi connectivity index (χ1v) is 11.1. The fourth-order valence-electron chi connectivity index (χ4n) is 2.60. The standard InChI is InChI=1S/C22H18Cl2N2O3S/c1-15-19(23)7-4-8-21(15)26-30(28,29)18-12-10-17(11-13-18)25-22(27)14-9-16-5-2-3-6-20(16)24/h2-14,26H,1H3,(H,25,27)/b14-9+. The maximum absolute atomic E-state index is 12.6. The molecule has 0 aromatic heterocycles. The Kier molecular flexibility index (Phi) is 6.82. The summed E-state index contributed by atoms with van der Waals surface area (Å²) in [6, 6.07) is 18.0. The summed E-state index contributed by atoms with van der Waals surface area (Å²) in [5, 5.41) is 3.69. The minimum absolute atomic E-state index is 0.0616. The number of benzene rings is 3. The normalized spacial score (nSPS) is 11.4. The van der Waals surface area contributed by atoms with Crippen LogP contribution in [0.2, 0.25) is 10.0 Å². The van der Waals surface area contributed by atoms with Gasteiger partial charge in [0, 0.05) is 21.8 Å². The van der Waals surface area contributed by atoms with Crippen LogP contribution in [0.3, 0.4) is 0 Å². The maximum Gasteiger partial charge on any atom is 0.261 e. The summed E-state index contributed by atoms with van der Waals surface area (Å²) in [6.45, 7) is 1.73. The molecule has 3 aromatic carbocycles. The SMILES string of the molecule is Cc1c(Cl)cccc1NS(=O)(=O)c1ccc(NC(=O)/C=C/c2ccccc2Cl)cc1. The van der Waals surface area contributed by atoms with Crippen LogP contribution in [0.5, 0.6) is 0 Å². The Hall–Kier alpha value is -2.80. The van der Waals surface area contributed by atoms with Gasteiger partial charge in [0.05, 0.1) is 10.6 Å². The third kappa shape index (κ3) is 5.42. The largest absolute Gasteiger partial charge is 0.323 e. The van der Waals surface area contributed by atoms with Crippen LogP contribution in [0.25, 0.3) is 6.08 Å². The van der Waals surface area contributed by atoms with E-state index in [0.717, 1.165) is 5.56 Å². The van der Waals surface area contributed by atoms with Gasteiger partial charge >= 0.3 is 0 Å². The number of nitrogens with one attached hydrogen (secondary N) is 2. The van der Waals surface area contributed by atoms with Gasteiger partial charge in [-0.15, -0.1) is 0 Å². The summed E-state index contributed by atoms with van der Waals surface area (Å²) in [7, 11) is -3.80. The third-order valence-corrected chi connectivity index (χ3v) is 6.40. The van der Waals surface area contributed by atoms with Gasteiger partial charge in [-0.05, 0) is 66.6 Å². The van der Waals surface area contributed by atoms with E-state index < -0.39 is 10.0 Å². The van der Waals surface area contributed by atoms with Crippen molar-refractivity contribution in [1.82, 2.24) is 0 Å². The van der Waals surface area contributed by atoms with Gasteiger partial charge in [-0.1, -0.05) is 47.5 Å². The van der Waals surface area contributed by atoms with E-state index in [2.05, 4.69) is 10.0 Å². The number of hydrogen-bond donors (Lipinski definition) is 2. The molecule has 30 heavy (non-hydrogen) atoms. The zero-order chi connectivity index (χ0) is 21.7. The maximum atomic E-state index is 12.6. The summed E-state index contributed by atoms with van der Waals surface area (Å²) in [6.07, 6.45) is 2.96. The van der Waals surface area contributed by atoms with Crippen molar-refractivity contribution in [2.45, 2.75) is 11.8 Å². The number of carbonyl (C=O) groups excluding carboxylic acids is 1. The molecule has 3 aromatic rings. The molecule has 0 saturated carbocycles. The predicted octanol–water partition coefficient (Wildman–Crippen LogP) is 5.75. The van der Waals surface area contributed by atoms with Crippen molar-refractivity contribution in [1.29, 1.82) is 0 Å². The van der Waals surface area contributed by atoms with Gasteiger partial charge in [-0.25, -0.2) is 8.42 Å². The number of amides is 1. The van der Waals surface area contributed by atoms with E-state index in [-0.39, 0.29) is 10.8 Å². The monoisotopic (exact) mass is 460 g/mol. The van der Waals surface area contributed by atoms with Crippen molar-refractivity contribution in [3.05, 3.63) is 94.0 Å². The number of sulfonamides is 1. The Bertz CT molecular complexity index is 1210. The average molecular weight is 461 g/mol. The first-order valence-electron chi connectivity index (χ1n) is 8.88. The van der Waals surface area contributed by atoms with Crippen molar-refractivity contribution in [3.8, 4) is 0 Å². The molecule has 0 bridgehead atoms. The minimum atomic E-state index is -3.80. The van der Waals surface area contributed by atoms with E-state index in [9.17, 15) is 13.2 Å². The molecule has 0 radical (unpaired) electrons. The van der Waals surface area contributed by atoms with Crippen molar-refractivity contribution >= 4 is 56.6 Å². The van der Waals surface area contributed by atoms with E-state index in [1.54, 1.807) is 49.4 Å². The summed E-state index contributed by atoms with van der Waals surface area (Å²) < 4.78 is 27.8. The molecular formula is C22H18Cl2N2O3S. The second kappa shape index (κ2) is 9.34. The summed E-state index contributed by atoms with van der Waals surface area (Å²) >= 11 is 12.1. The molecule has 0 atom stereocenters. The van der Waals surface area contributed by atoms with Gasteiger partial charge in [0.15, 0.2) is 0 Å². The van der Waals surface area contributed by atoms with Crippen LogP contribution >= 0.6 is 23.2 Å². The van der Waals surface area contributed by atoms with Gasteiger partial charge < -0.3 is 5.32 Å². The van der Waals surface area contributed by atoms with Crippen LogP contribution in [0.15, 0.2) is 77.7 Å². The molecule has 0 fully saturated rings. The van der Waals surface area contributed by atoms with Gasteiger partial charge in [-0.2, -0.15) is 0 Å². The quantitative estimate of drug-likeness (QED) is 0.459. The Morgan fingerprint density at radius 2 is 1.57 bits per heavy atom. The summed E-state index contributed by atoms with van der Waals surface area (Å²) in [4.78, 5) is 12.2. The van der Waals surface area contributed by atoms with Gasteiger partial charge in [-0.3, -0.25) is 9.52 Å². The molecule has 0 aliphatic rings. The van der Waals surface area contributed by atoms with Crippen LogP contribution in [0.1, 0.15) is 11.1 Å². The minimum Gasteiger partial charge on any atom is -0.323 e. The third-order valence-electron chi connectivity index (χ3n) is 4.26. The number of carbonyl (C=O) groups is 1. The highest BCUT2D eigenvalue weighted by atomic mass is 35.5. The highest BCUT2D eigenvalue weighted by molar-refractivity contribution is 7.92. The van der Waals surface area contributed by atoms with Crippen LogP contribution in [0, 0.1) is 6.92 Å². The van der Waals surface area contributed by atoms with Crippen molar-refractivity contribution in [2.24, 2.45) is 0 Å². The zero-order valence-electron chi connectivity index (χ0n) is 15.9. The van der Waals surface area contributed by atoms with Gasteiger partial charge in [0.1, 0.15) is 0 Å². The lowest BCUT2D eigenvalue weighted by molar-refractivity contribution is -0.111. The molecule has 1 amide bonds. The fraction of sp³-hybridized carbons (Fsp3) is 0.0455. The summed E-state index contributed by atoms with van der Waals surface area (Å²) in [5.74, 6) is -0.363. The first-order chi connectivity index (χ1) is 14.3. The lowest BCUT2D eigenvalue weighted by Crippen LogP contribution is -2.14. The van der Waals surface area contributed by atoms with E-state index >= 15 is 0 Å². The molecule has 154 valence electrons. The number of anilines is 2. The van der Waals surface area contributed by atoms with E-state index in [0.29, 0.717) is 27.0 Å². The first kappa shape index (κ1) is 21.9. The smallest absolute Gasteiger partial charge is 0.261 e. The van der Waals surface area contributed by atoms with Crippen molar-refractivity contribution < 1.29 is 13.2 Å². The average Bonchev–Trinajstić information content (AvgIpc) is 2.71. The highest BCUT2D eigenvalue weighted by Gasteiger charge is 2.16.